The van der Waals surface area contributed by atoms with Gasteiger partial charge < -0.3 is 4.90 Å². The summed E-state index contributed by atoms with van der Waals surface area (Å²) in [5.74, 6) is 0. The topological polar surface area (TPSA) is 3.24 Å². The van der Waals surface area contributed by atoms with E-state index in [0.717, 1.165) is 11.4 Å². The summed E-state index contributed by atoms with van der Waals surface area (Å²) in [6.45, 7) is 9.04. The van der Waals surface area contributed by atoms with Crippen molar-refractivity contribution in [2.75, 3.05) is 4.90 Å². The van der Waals surface area contributed by atoms with Crippen molar-refractivity contribution in [2.45, 2.75) is 38.5 Å². The highest BCUT2D eigenvalue weighted by Crippen LogP contribution is 2.66. The molecule has 0 heterocycles. The minimum atomic E-state index is -0.466. The van der Waals surface area contributed by atoms with Gasteiger partial charge in [0.25, 0.3) is 0 Å². The molecule has 0 fully saturated rings. The van der Waals surface area contributed by atoms with Gasteiger partial charge in [-0.25, -0.2) is 0 Å². The monoisotopic (exact) mass is 705 g/mol. The summed E-state index contributed by atoms with van der Waals surface area (Å²) >= 11 is 0. The third-order valence-corrected chi connectivity index (χ3v) is 12.4. The van der Waals surface area contributed by atoms with E-state index in [4.69, 9.17) is 0 Å². The molecule has 55 heavy (non-hydrogen) atoms. The van der Waals surface area contributed by atoms with E-state index in [2.05, 4.69) is 221 Å². The zero-order chi connectivity index (χ0) is 37.3. The van der Waals surface area contributed by atoms with Crippen LogP contribution in [0.15, 0.2) is 194 Å². The molecule has 7 aromatic carbocycles. The summed E-state index contributed by atoms with van der Waals surface area (Å²) in [7, 11) is 0. The third-order valence-electron chi connectivity index (χ3n) is 12.4. The lowest BCUT2D eigenvalue weighted by atomic mass is 9.70. The zero-order valence-corrected chi connectivity index (χ0v) is 31.8. The van der Waals surface area contributed by atoms with Crippen LogP contribution in [-0.4, -0.2) is 0 Å². The second-order valence-electron chi connectivity index (χ2n) is 15.5. The molecule has 1 unspecified atom stereocenters. The number of rotatable bonds is 5. The van der Waals surface area contributed by atoms with Gasteiger partial charge in [0.2, 0.25) is 0 Å². The Morgan fingerprint density at radius 3 is 1.80 bits per heavy atom. The van der Waals surface area contributed by atoms with Gasteiger partial charge in [0.15, 0.2) is 0 Å². The molecule has 1 atom stereocenters. The number of benzene rings is 7. The van der Waals surface area contributed by atoms with Crippen LogP contribution in [0.2, 0.25) is 0 Å². The smallest absolute Gasteiger partial charge is 0.0726 e. The van der Waals surface area contributed by atoms with E-state index < -0.39 is 5.41 Å². The maximum Gasteiger partial charge on any atom is 0.0726 e. The Balaban J connectivity index is 1.30. The Hall–Kier alpha value is -6.44. The fourth-order valence-electron chi connectivity index (χ4n) is 10.1. The van der Waals surface area contributed by atoms with E-state index in [1.54, 1.807) is 0 Å². The molecule has 0 aromatic heterocycles. The van der Waals surface area contributed by atoms with Crippen LogP contribution in [-0.2, 0) is 10.8 Å². The van der Waals surface area contributed by atoms with Crippen molar-refractivity contribution in [1.29, 1.82) is 0 Å². The average Bonchev–Trinajstić information content (AvgIpc) is 3.79. The highest BCUT2D eigenvalue weighted by atomic mass is 15.1. The van der Waals surface area contributed by atoms with Crippen molar-refractivity contribution in [1.82, 2.24) is 0 Å². The highest BCUT2D eigenvalue weighted by Gasteiger charge is 2.53. The third kappa shape index (κ3) is 4.60. The van der Waals surface area contributed by atoms with Crippen LogP contribution in [0.3, 0.4) is 0 Å². The summed E-state index contributed by atoms with van der Waals surface area (Å²) in [5, 5.41) is 0. The van der Waals surface area contributed by atoms with Crippen LogP contribution in [0.25, 0.3) is 39.0 Å². The minimum Gasteiger partial charge on any atom is -0.309 e. The van der Waals surface area contributed by atoms with E-state index in [9.17, 15) is 0 Å². The summed E-state index contributed by atoms with van der Waals surface area (Å²) in [6.07, 6.45) is 9.02. The molecule has 0 bridgehead atoms. The number of hydrogen-bond donors (Lipinski definition) is 0. The zero-order valence-electron chi connectivity index (χ0n) is 31.8. The molecule has 3 aliphatic carbocycles. The quantitative estimate of drug-likeness (QED) is 0.172. The summed E-state index contributed by atoms with van der Waals surface area (Å²) in [5.41, 5.74) is 21.2. The van der Waals surface area contributed by atoms with E-state index in [-0.39, 0.29) is 5.41 Å². The van der Waals surface area contributed by atoms with Gasteiger partial charge in [-0.2, -0.15) is 0 Å². The second-order valence-corrected chi connectivity index (χ2v) is 15.5. The van der Waals surface area contributed by atoms with Crippen molar-refractivity contribution >= 4 is 22.6 Å². The van der Waals surface area contributed by atoms with E-state index in [1.807, 2.05) is 0 Å². The van der Waals surface area contributed by atoms with Crippen molar-refractivity contribution in [3.8, 4) is 33.4 Å². The van der Waals surface area contributed by atoms with Crippen molar-refractivity contribution in [3.05, 3.63) is 227 Å². The Kier molecular flexibility index (Phi) is 7.58. The largest absolute Gasteiger partial charge is 0.309 e. The van der Waals surface area contributed by atoms with E-state index in [0.29, 0.717) is 0 Å². The fourth-order valence-corrected chi connectivity index (χ4v) is 10.1. The molecule has 1 nitrogen and oxygen atoms in total. The molecule has 0 N–H and O–H groups in total. The summed E-state index contributed by atoms with van der Waals surface area (Å²) < 4.78 is 0. The molecular formula is C54H43N. The number of hydrogen-bond acceptors (Lipinski definition) is 1. The number of nitrogens with zero attached hydrogens (tertiary/aromatic N) is 1. The van der Waals surface area contributed by atoms with Crippen LogP contribution in [0.1, 0.15) is 61.1 Å². The molecule has 0 saturated heterocycles. The van der Waals surface area contributed by atoms with Gasteiger partial charge in [0, 0.05) is 22.2 Å². The first-order valence-electron chi connectivity index (χ1n) is 19.5. The van der Waals surface area contributed by atoms with Gasteiger partial charge in [-0.1, -0.05) is 178 Å². The first kappa shape index (κ1) is 33.2. The number of anilines is 3. The van der Waals surface area contributed by atoms with Gasteiger partial charge in [-0.3, -0.25) is 0 Å². The van der Waals surface area contributed by atoms with Crippen molar-refractivity contribution < 1.29 is 0 Å². The van der Waals surface area contributed by atoms with Crippen molar-refractivity contribution in [2.24, 2.45) is 0 Å². The fraction of sp³-hybridized carbons (Fsp3) is 0.111. The number of para-hydroxylation sites is 1. The summed E-state index contributed by atoms with van der Waals surface area (Å²) in [6, 6.07) is 61.1. The molecule has 0 radical (unpaired) electrons. The lowest BCUT2D eigenvalue weighted by Crippen LogP contribution is -2.26. The molecule has 1 heteroatoms. The van der Waals surface area contributed by atoms with Crippen LogP contribution in [0.5, 0.6) is 0 Å². The van der Waals surface area contributed by atoms with Crippen LogP contribution >= 0.6 is 0 Å². The average molecular weight is 706 g/mol. The van der Waals surface area contributed by atoms with Crippen LogP contribution in [0, 0.1) is 0 Å². The SMILES string of the molecule is C\C=C/C=C1\C(=C/C)c2ccccc2C12c1ccccc1-c1c(N(c3ccc4c(c3)C(C)(C)c3ccccc3-4)c3ccccc3-c3ccccc3)cccc12. The molecule has 3 aliphatic rings. The summed E-state index contributed by atoms with van der Waals surface area (Å²) in [4.78, 5) is 2.54. The highest BCUT2D eigenvalue weighted by molar-refractivity contribution is 6.05. The Bertz CT molecular complexity index is 2760. The molecular weight excluding hydrogens is 663 g/mol. The number of fused-ring (bicyclic) bond motifs is 10. The van der Waals surface area contributed by atoms with Gasteiger partial charge in [0.1, 0.15) is 0 Å². The molecule has 0 aliphatic heterocycles. The maximum absolute atomic E-state index is 2.54. The van der Waals surface area contributed by atoms with Gasteiger partial charge >= 0.3 is 0 Å². The Morgan fingerprint density at radius 2 is 1.05 bits per heavy atom. The van der Waals surface area contributed by atoms with Gasteiger partial charge in [0.05, 0.1) is 16.8 Å². The molecule has 0 amide bonds. The Morgan fingerprint density at radius 1 is 0.473 bits per heavy atom. The maximum atomic E-state index is 2.54. The minimum absolute atomic E-state index is 0.134. The molecule has 1 spiro atoms. The van der Waals surface area contributed by atoms with Crippen LogP contribution in [0.4, 0.5) is 17.1 Å². The van der Waals surface area contributed by atoms with Crippen molar-refractivity contribution in [3.63, 3.8) is 0 Å². The standard InChI is InChI=1S/C54H43N/c1-5-7-26-45-38(6-2)40-23-12-16-28-46(40)54(45)47-29-17-13-25-43(47)52-48(54)30-19-32-51(52)55(50-31-18-14-22-39(50)36-20-9-8-10-21-36)37-33-34-42-41-24-11-15-27-44(41)53(3,4)49(42)35-37/h5-35H,1-4H3/b7-5-,38-6-,45-26+. The Labute approximate surface area is 325 Å². The lowest BCUT2D eigenvalue weighted by Gasteiger charge is -2.33. The van der Waals surface area contributed by atoms with Gasteiger partial charge in [-0.05, 0) is 105 Å². The number of allylic oxidation sites excluding steroid dienone is 6. The predicted octanol–water partition coefficient (Wildman–Crippen LogP) is 14.4. The lowest BCUT2D eigenvalue weighted by molar-refractivity contribution is 0.660. The second kappa shape index (κ2) is 12.6. The molecule has 10 rings (SSSR count). The van der Waals surface area contributed by atoms with E-state index in [1.165, 1.54) is 83.6 Å². The first-order valence-corrected chi connectivity index (χ1v) is 19.5. The van der Waals surface area contributed by atoms with E-state index >= 15 is 0 Å². The first-order chi connectivity index (χ1) is 27.0. The molecule has 264 valence electrons. The molecule has 0 saturated carbocycles. The predicted molar refractivity (Wildman–Crippen MR) is 232 cm³/mol. The normalized spacial score (nSPS) is 18.4. The molecule has 7 aromatic rings. The van der Waals surface area contributed by atoms with Gasteiger partial charge in [-0.15, -0.1) is 0 Å². The van der Waals surface area contributed by atoms with Crippen LogP contribution < -0.4 is 4.90 Å².